The number of benzene rings is 1. The van der Waals surface area contributed by atoms with Crippen LogP contribution in [0.1, 0.15) is 135 Å². The van der Waals surface area contributed by atoms with E-state index in [4.69, 9.17) is 0 Å². The second kappa shape index (κ2) is 15.1. The van der Waals surface area contributed by atoms with Crippen molar-refractivity contribution in [2.45, 2.75) is 145 Å². The molecule has 0 heterocycles. The van der Waals surface area contributed by atoms with Crippen LogP contribution in [0.3, 0.4) is 0 Å². The van der Waals surface area contributed by atoms with Gasteiger partial charge in [-0.1, -0.05) is 92.9 Å². The molecule has 0 aliphatic heterocycles. The van der Waals surface area contributed by atoms with Gasteiger partial charge in [-0.3, -0.25) is 0 Å². The van der Waals surface area contributed by atoms with Crippen LogP contribution in [0.25, 0.3) is 0 Å². The molecular formula is C32H58O3. The fourth-order valence-electron chi connectivity index (χ4n) is 5.32. The van der Waals surface area contributed by atoms with Crippen molar-refractivity contribution < 1.29 is 15.3 Å². The number of hydrogen-bond donors (Lipinski definition) is 3. The zero-order chi connectivity index (χ0) is 26.8. The van der Waals surface area contributed by atoms with Crippen molar-refractivity contribution in [2.75, 3.05) is 0 Å². The highest BCUT2D eigenvalue weighted by molar-refractivity contribution is 5.57. The molecule has 0 spiro atoms. The molecule has 0 saturated carbocycles. The molecule has 1 aromatic rings. The van der Waals surface area contributed by atoms with Crippen molar-refractivity contribution in [3.63, 3.8) is 0 Å². The summed E-state index contributed by atoms with van der Waals surface area (Å²) >= 11 is 0. The van der Waals surface area contributed by atoms with Gasteiger partial charge in [0, 0.05) is 11.1 Å². The van der Waals surface area contributed by atoms with Crippen molar-refractivity contribution in [3.05, 3.63) is 22.3 Å². The zero-order valence-corrected chi connectivity index (χ0v) is 24.6. The van der Waals surface area contributed by atoms with Crippen LogP contribution < -0.4 is 0 Å². The number of hydrogen-bond acceptors (Lipinski definition) is 3. The van der Waals surface area contributed by atoms with Crippen LogP contribution in [0, 0.1) is 37.5 Å². The van der Waals surface area contributed by atoms with Gasteiger partial charge in [0.25, 0.3) is 0 Å². The van der Waals surface area contributed by atoms with Gasteiger partial charge in [-0.15, -0.1) is 0 Å². The van der Waals surface area contributed by atoms with Gasteiger partial charge >= 0.3 is 0 Å². The monoisotopic (exact) mass is 490 g/mol. The summed E-state index contributed by atoms with van der Waals surface area (Å²) in [5, 5.41) is 32.7. The van der Waals surface area contributed by atoms with E-state index in [1.54, 1.807) is 0 Å². The number of aromatic hydroxyl groups is 2. The van der Waals surface area contributed by atoms with Gasteiger partial charge in [0.15, 0.2) is 0 Å². The average Bonchev–Trinajstić information content (AvgIpc) is 2.75. The quantitative estimate of drug-likeness (QED) is 0.191. The first-order valence-electron chi connectivity index (χ1n) is 14.5. The average molecular weight is 491 g/mol. The molecule has 0 aliphatic carbocycles. The molecule has 0 unspecified atom stereocenters. The Balaban J connectivity index is 2.51. The number of phenolic OH excluding ortho intramolecular Hbond substituents is 2. The fraction of sp³-hybridized carbons (Fsp3) is 0.812. The molecule has 0 saturated heterocycles. The fourth-order valence-corrected chi connectivity index (χ4v) is 5.32. The summed E-state index contributed by atoms with van der Waals surface area (Å²) in [6, 6.07) is 0. The summed E-state index contributed by atoms with van der Waals surface area (Å²) in [4.78, 5) is 0. The maximum Gasteiger partial charge on any atom is 0.122 e. The lowest BCUT2D eigenvalue weighted by atomic mass is 9.85. The Morgan fingerprint density at radius 1 is 0.629 bits per heavy atom. The lowest BCUT2D eigenvalue weighted by Gasteiger charge is -2.26. The van der Waals surface area contributed by atoms with Crippen LogP contribution in [0.5, 0.6) is 11.5 Å². The molecule has 1 aromatic carbocycles. The van der Waals surface area contributed by atoms with Crippen molar-refractivity contribution in [3.8, 4) is 11.5 Å². The zero-order valence-electron chi connectivity index (χ0n) is 24.6. The lowest BCUT2D eigenvalue weighted by molar-refractivity contribution is 0.0384. The van der Waals surface area contributed by atoms with Crippen LogP contribution >= 0.6 is 0 Å². The van der Waals surface area contributed by atoms with Crippen LogP contribution in [0.2, 0.25) is 0 Å². The van der Waals surface area contributed by atoms with E-state index in [-0.39, 0.29) is 0 Å². The van der Waals surface area contributed by atoms with Crippen LogP contribution in [0.4, 0.5) is 0 Å². The predicted molar refractivity (Wildman–Crippen MR) is 151 cm³/mol. The smallest absolute Gasteiger partial charge is 0.122 e. The van der Waals surface area contributed by atoms with E-state index in [9.17, 15) is 15.3 Å². The van der Waals surface area contributed by atoms with Gasteiger partial charge in [0.2, 0.25) is 0 Å². The highest BCUT2D eigenvalue weighted by atomic mass is 16.3. The highest BCUT2D eigenvalue weighted by Crippen LogP contribution is 2.39. The Morgan fingerprint density at radius 3 is 1.57 bits per heavy atom. The predicted octanol–water partition coefficient (Wildman–Crippen LogP) is 9.04. The second-order valence-electron chi connectivity index (χ2n) is 12.9. The summed E-state index contributed by atoms with van der Waals surface area (Å²) in [5.74, 6) is 3.34. The first-order chi connectivity index (χ1) is 16.2. The Hall–Kier alpha value is -1.22. The Morgan fingerprint density at radius 2 is 1.09 bits per heavy atom. The van der Waals surface area contributed by atoms with Crippen molar-refractivity contribution in [2.24, 2.45) is 23.7 Å². The minimum Gasteiger partial charge on any atom is -0.507 e. The van der Waals surface area contributed by atoms with E-state index in [1.165, 1.54) is 38.5 Å². The van der Waals surface area contributed by atoms with Crippen LogP contribution in [-0.4, -0.2) is 20.9 Å². The van der Waals surface area contributed by atoms with E-state index in [1.807, 2.05) is 20.8 Å². The maximum absolute atomic E-state index is 11.1. The molecule has 0 amide bonds. The molecular weight excluding hydrogens is 432 g/mol. The third-order valence-corrected chi connectivity index (χ3v) is 8.02. The molecule has 3 heteroatoms. The molecule has 1 rings (SSSR count). The lowest BCUT2D eigenvalue weighted by Crippen LogP contribution is -2.25. The van der Waals surface area contributed by atoms with Gasteiger partial charge < -0.3 is 15.3 Å². The van der Waals surface area contributed by atoms with Crippen molar-refractivity contribution in [1.29, 1.82) is 0 Å². The molecule has 35 heavy (non-hydrogen) atoms. The summed E-state index contributed by atoms with van der Waals surface area (Å²) in [6.07, 6.45) is 12.9. The summed E-state index contributed by atoms with van der Waals surface area (Å²) in [5.41, 5.74) is 2.40. The number of phenols is 2. The molecule has 0 radical (unpaired) electrons. The van der Waals surface area contributed by atoms with Crippen LogP contribution in [-0.2, 0) is 12.8 Å². The standard InChI is InChI=1S/C32H58O3/c1-22(2)13-10-14-24(5)15-11-16-25(6)17-12-19-32(9,35)20-18-28-29(21-23(3)4)31(34)27(8)26(7)30(28)33/h22-25,33-35H,10-21H2,1-9H3/t24-,25-,32-/m1/s1. The normalized spacial score (nSPS) is 15.5. The maximum atomic E-state index is 11.1. The molecule has 3 N–H and O–H groups in total. The SMILES string of the molecule is Cc1c(C)c(O)c(CC(C)C)c(CC[C@](C)(O)CCC[C@H](C)CCC[C@H](C)CCCC(C)C)c1O. The summed E-state index contributed by atoms with van der Waals surface area (Å²) in [7, 11) is 0. The summed E-state index contributed by atoms with van der Waals surface area (Å²) in [6.45, 7) is 19.3. The largest absolute Gasteiger partial charge is 0.507 e. The van der Waals surface area contributed by atoms with Gasteiger partial charge in [-0.25, -0.2) is 0 Å². The summed E-state index contributed by atoms with van der Waals surface area (Å²) < 4.78 is 0. The molecule has 0 fully saturated rings. The molecule has 0 aliphatic rings. The third kappa shape index (κ3) is 11.6. The first kappa shape index (κ1) is 31.8. The Bertz CT molecular complexity index is 748. The van der Waals surface area contributed by atoms with Crippen molar-refractivity contribution in [1.82, 2.24) is 0 Å². The molecule has 0 aromatic heterocycles. The first-order valence-corrected chi connectivity index (χ1v) is 14.5. The molecule has 204 valence electrons. The Labute approximate surface area is 217 Å². The van der Waals surface area contributed by atoms with E-state index >= 15 is 0 Å². The van der Waals surface area contributed by atoms with Crippen LogP contribution in [0.15, 0.2) is 0 Å². The van der Waals surface area contributed by atoms with Gasteiger partial charge in [0.05, 0.1) is 5.60 Å². The van der Waals surface area contributed by atoms with E-state index in [2.05, 4.69) is 41.5 Å². The van der Waals surface area contributed by atoms with Crippen molar-refractivity contribution >= 4 is 0 Å². The van der Waals surface area contributed by atoms with Gasteiger partial charge in [-0.05, 0) is 81.3 Å². The minimum absolute atomic E-state index is 0.291. The van der Waals surface area contributed by atoms with Gasteiger partial charge in [-0.2, -0.15) is 0 Å². The Kier molecular flexibility index (Phi) is 13.7. The highest BCUT2D eigenvalue weighted by Gasteiger charge is 2.25. The molecule has 0 bridgehead atoms. The minimum atomic E-state index is -0.763. The van der Waals surface area contributed by atoms with E-state index in [0.29, 0.717) is 36.2 Å². The number of rotatable bonds is 17. The molecule has 3 nitrogen and oxygen atoms in total. The third-order valence-electron chi connectivity index (χ3n) is 8.02. The second-order valence-corrected chi connectivity index (χ2v) is 12.9. The van der Waals surface area contributed by atoms with Gasteiger partial charge in [0.1, 0.15) is 11.5 Å². The van der Waals surface area contributed by atoms with E-state index in [0.717, 1.165) is 59.8 Å². The molecule has 3 atom stereocenters. The number of aliphatic hydroxyl groups is 1. The topological polar surface area (TPSA) is 60.7 Å². The van der Waals surface area contributed by atoms with E-state index < -0.39 is 5.60 Å².